The van der Waals surface area contributed by atoms with E-state index in [1.807, 2.05) is 45.0 Å². The van der Waals surface area contributed by atoms with E-state index in [0.717, 1.165) is 23.8 Å². The minimum absolute atomic E-state index is 0. The van der Waals surface area contributed by atoms with Crippen molar-refractivity contribution in [3.63, 3.8) is 0 Å². The zero-order valence-corrected chi connectivity index (χ0v) is 17.7. The quantitative estimate of drug-likeness (QED) is 0.184. The first-order valence-corrected chi connectivity index (χ1v) is 8.59. The van der Waals surface area contributed by atoms with Gasteiger partial charge in [0, 0.05) is 25.1 Å². The van der Waals surface area contributed by atoms with Crippen LogP contribution in [0.25, 0.3) is 0 Å². The first kappa shape index (κ1) is 23.5. The van der Waals surface area contributed by atoms with Crippen molar-refractivity contribution in [2.75, 3.05) is 26.3 Å². The summed E-state index contributed by atoms with van der Waals surface area (Å²) in [6.45, 7) is 8.83. The second-order valence-corrected chi connectivity index (χ2v) is 5.07. The lowest BCUT2D eigenvalue weighted by molar-refractivity contribution is -0.143. The third-order valence-electron chi connectivity index (χ3n) is 3.18. The number of carbonyl (C=O) groups is 1. The Kier molecular flexibility index (Phi) is 13.9. The highest BCUT2D eigenvalue weighted by atomic mass is 127. The number of para-hydroxylation sites is 1. The second-order valence-electron chi connectivity index (χ2n) is 5.07. The Bertz CT molecular complexity index is 524. The second kappa shape index (κ2) is 14.8. The molecule has 6 nitrogen and oxygen atoms in total. The Morgan fingerprint density at radius 3 is 2.56 bits per heavy atom. The van der Waals surface area contributed by atoms with Gasteiger partial charge in [-0.3, -0.25) is 4.79 Å². The molecule has 0 spiro atoms. The van der Waals surface area contributed by atoms with Gasteiger partial charge in [-0.05, 0) is 33.3 Å². The Hall–Kier alpha value is -1.51. The summed E-state index contributed by atoms with van der Waals surface area (Å²) in [4.78, 5) is 15.9. The Labute approximate surface area is 167 Å². The number of ether oxygens (including phenoxy) is 2. The summed E-state index contributed by atoms with van der Waals surface area (Å²) in [6, 6.07) is 7.90. The molecule has 0 radical (unpaired) electrons. The first-order valence-electron chi connectivity index (χ1n) is 8.59. The standard InChI is InChI=1S/C18H29N3O3.HI/c1-4-19-18(20-13-9-12-17(22)24-6-3)21-14-15-10-7-8-11-16(15)23-5-2;/h7-8,10-11H,4-6,9,12-14H2,1-3H3,(H2,19,20,21);1H. The monoisotopic (exact) mass is 463 g/mol. The molecule has 1 aromatic rings. The van der Waals surface area contributed by atoms with Gasteiger partial charge in [0.1, 0.15) is 5.75 Å². The van der Waals surface area contributed by atoms with Gasteiger partial charge in [-0.25, -0.2) is 4.99 Å². The number of nitrogens with one attached hydrogen (secondary N) is 2. The minimum Gasteiger partial charge on any atom is -0.494 e. The molecule has 25 heavy (non-hydrogen) atoms. The van der Waals surface area contributed by atoms with E-state index in [2.05, 4.69) is 15.6 Å². The van der Waals surface area contributed by atoms with Gasteiger partial charge < -0.3 is 20.1 Å². The van der Waals surface area contributed by atoms with E-state index in [9.17, 15) is 4.79 Å². The van der Waals surface area contributed by atoms with Crippen LogP contribution in [0.2, 0.25) is 0 Å². The summed E-state index contributed by atoms with van der Waals surface area (Å²) < 4.78 is 10.5. The fourth-order valence-electron chi connectivity index (χ4n) is 2.11. The Morgan fingerprint density at radius 1 is 1.12 bits per heavy atom. The molecule has 0 amide bonds. The third-order valence-corrected chi connectivity index (χ3v) is 3.18. The first-order chi connectivity index (χ1) is 11.7. The van der Waals surface area contributed by atoms with Gasteiger partial charge in [0.2, 0.25) is 0 Å². The molecule has 142 valence electrons. The summed E-state index contributed by atoms with van der Waals surface area (Å²) in [5.74, 6) is 1.43. The van der Waals surface area contributed by atoms with Crippen molar-refractivity contribution in [1.82, 2.24) is 10.6 Å². The topological polar surface area (TPSA) is 72.0 Å². The molecule has 0 bridgehead atoms. The summed E-state index contributed by atoms with van der Waals surface area (Å²) in [7, 11) is 0. The van der Waals surface area contributed by atoms with E-state index in [-0.39, 0.29) is 29.9 Å². The van der Waals surface area contributed by atoms with E-state index in [1.54, 1.807) is 0 Å². The number of carbonyl (C=O) groups excluding carboxylic acids is 1. The number of guanidine groups is 1. The largest absolute Gasteiger partial charge is 0.494 e. The number of halogens is 1. The molecular formula is C18H30IN3O3. The fraction of sp³-hybridized carbons (Fsp3) is 0.556. The van der Waals surface area contributed by atoms with Crippen molar-refractivity contribution in [1.29, 1.82) is 0 Å². The van der Waals surface area contributed by atoms with Crippen molar-refractivity contribution in [2.45, 2.75) is 40.2 Å². The highest BCUT2D eigenvalue weighted by Gasteiger charge is 2.04. The van der Waals surface area contributed by atoms with Crippen molar-refractivity contribution in [2.24, 2.45) is 4.99 Å². The van der Waals surface area contributed by atoms with Crippen LogP contribution < -0.4 is 15.4 Å². The zero-order valence-electron chi connectivity index (χ0n) is 15.3. The van der Waals surface area contributed by atoms with Crippen molar-refractivity contribution < 1.29 is 14.3 Å². The van der Waals surface area contributed by atoms with Gasteiger partial charge in [-0.2, -0.15) is 0 Å². The molecule has 0 atom stereocenters. The maximum absolute atomic E-state index is 11.3. The number of hydrogen-bond donors (Lipinski definition) is 2. The Balaban J connectivity index is 0.00000576. The van der Waals surface area contributed by atoms with E-state index in [4.69, 9.17) is 9.47 Å². The van der Waals surface area contributed by atoms with Gasteiger partial charge in [-0.1, -0.05) is 18.2 Å². The average Bonchev–Trinajstić information content (AvgIpc) is 2.58. The van der Waals surface area contributed by atoms with Crippen LogP contribution in [0.3, 0.4) is 0 Å². The highest BCUT2D eigenvalue weighted by molar-refractivity contribution is 14.0. The van der Waals surface area contributed by atoms with Crippen molar-refractivity contribution >= 4 is 35.9 Å². The third kappa shape index (κ3) is 10.2. The van der Waals surface area contributed by atoms with Crippen molar-refractivity contribution in [3.8, 4) is 5.75 Å². The molecule has 2 N–H and O–H groups in total. The maximum Gasteiger partial charge on any atom is 0.305 e. The molecule has 0 saturated heterocycles. The van der Waals surface area contributed by atoms with Crippen molar-refractivity contribution in [3.05, 3.63) is 29.8 Å². The molecular weight excluding hydrogens is 433 g/mol. The van der Waals surface area contributed by atoms with E-state index >= 15 is 0 Å². The van der Waals surface area contributed by atoms with Gasteiger partial charge in [0.05, 0.1) is 19.8 Å². The highest BCUT2D eigenvalue weighted by Crippen LogP contribution is 2.18. The molecule has 1 aromatic carbocycles. The van der Waals surface area contributed by atoms with Crippen LogP contribution in [0.5, 0.6) is 5.75 Å². The molecule has 0 fully saturated rings. The maximum atomic E-state index is 11.3. The van der Waals surface area contributed by atoms with E-state index in [1.165, 1.54) is 0 Å². The zero-order chi connectivity index (χ0) is 17.6. The molecule has 0 unspecified atom stereocenters. The lowest BCUT2D eigenvalue weighted by Gasteiger charge is -2.12. The number of benzene rings is 1. The SMILES string of the molecule is CCNC(=NCc1ccccc1OCC)NCCCC(=O)OCC.I. The molecule has 0 aromatic heterocycles. The summed E-state index contributed by atoms with van der Waals surface area (Å²) in [5, 5.41) is 6.43. The molecule has 0 aliphatic rings. The molecule has 0 heterocycles. The Morgan fingerprint density at radius 2 is 1.88 bits per heavy atom. The minimum atomic E-state index is -0.160. The predicted molar refractivity (Wildman–Crippen MR) is 112 cm³/mol. The van der Waals surface area contributed by atoms with Crippen LogP contribution in [-0.4, -0.2) is 38.2 Å². The van der Waals surface area contributed by atoms with Crippen LogP contribution in [0.15, 0.2) is 29.3 Å². The summed E-state index contributed by atoms with van der Waals surface area (Å²) in [6.07, 6.45) is 1.12. The molecule has 7 heteroatoms. The van der Waals surface area contributed by atoms with E-state index < -0.39 is 0 Å². The number of hydrogen-bond acceptors (Lipinski definition) is 4. The average molecular weight is 463 g/mol. The van der Waals surface area contributed by atoms with Gasteiger partial charge in [0.15, 0.2) is 5.96 Å². The summed E-state index contributed by atoms with van der Waals surface area (Å²) in [5.41, 5.74) is 1.04. The van der Waals surface area contributed by atoms with Crippen LogP contribution in [0.1, 0.15) is 39.2 Å². The van der Waals surface area contributed by atoms with Gasteiger partial charge in [0.25, 0.3) is 0 Å². The molecule has 0 aliphatic carbocycles. The lowest BCUT2D eigenvalue weighted by atomic mass is 10.2. The van der Waals surface area contributed by atoms with Crippen LogP contribution in [-0.2, 0) is 16.1 Å². The number of nitrogens with zero attached hydrogens (tertiary/aromatic N) is 1. The van der Waals surface area contributed by atoms with Crippen LogP contribution in [0.4, 0.5) is 0 Å². The number of rotatable bonds is 10. The number of esters is 1. The molecule has 0 aliphatic heterocycles. The summed E-state index contributed by atoms with van der Waals surface area (Å²) >= 11 is 0. The fourth-order valence-corrected chi connectivity index (χ4v) is 2.11. The van der Waals surface area contributed by atoms with Gasteiger partial charge in [-0.15, -0.1) is 24.0 Å². The van der Waals surface area contributed by atoms with Crippen LogP contribution >= 0.6 is 24.0 Å². The van der Waals surface area contributed by atoms with Gasteiger partial charge >= 0.3 is 5.97 Å². The lowest BCUT2D eigenvalue weighted by Crippen LogP contribution is -2.37. The molecule has 0 saturated carbocycles. The normalized spacial score (nSPS) is 10.6. The molecule has 1 rings (SSSR count). The van der Waals surface area contributed by atoms with E-state index in [0.29, 0.717) is 39.1 Å². The predicted octanol–water partition coefficient (Wildman–Crippen LogP) is 3.10. The van der Waals surface area contributed by atoms with Crippen LogP contribution in [0, 0.1) is 0 Å². The smallest absolute Gasteiger partial charge is 0.305 e. The number of aliphatic imine (C=N–C) groups is 1.